The van der Waals surface area contributed by atoms with Gasteiger partial charge in [0.25, 0.3) is 0 Å². The molecule has 1 saturated carbocycles. The summed E-state index contributed by atoms with van der Waals surface area (Å²) in [5, 5.41) is 17.1. The zero-order chi connectivity index (χ0) is 35.4. The molecule has 4 amide bonds. The predicted octanol–water partition coefficient (Wildman–Crippen LogP) is 6.62. The van der Waals surface area contributed by atoms with Crippen LogP contribution in [-0.4, -0.2) is 56.6 Å². The molecule has 50 heavy (non-hydrogen) atoms. The summed E-state index contributed by atoms with van der Waals surface area (Å²) in [6.45, 7) is 8.07. The van der Waals surface area contributed by atoms with Crippen LogP contribution in [0.5, 0.6) is 11.5 Å². The van der Waals surface area contributed by atoms with E-state index in [1.165, 1.54) is 9.80 Å². The predicted molar refractivity (Wildman–Crippen MR) is 190 cm³/mol. The van der Waals surface area contributed by atoms with Gasteiger partial charge in [-0.2, -0.15) is 5.10 Å². The van der Waals surface area contributed by atoms with Crippen molar-refractivity contribution in [2.45, 2.75) is 46.5 Å². The van der Waals surface area contributed by atoms with Gasteiger partial charge in [-0.15, -0.1) is 11.3 Å². The summed E-state index contributed by atoms with van der Waals surface area (Å²) >= 11 is 7.88. The molecular weight excluding hydrogens is 676 g/mol. The van der Waals surface area contributed by atoms with Crippen molar-refractivity contribution in [1.29, 1.82) is 0 Å². The van der Waals surface area contributed by atoms with Crippen molar-refractivity contribution >= 4 is 62.5 Å². The number of thiophene rings is 1. The summed E-state index contributed by atoms with van der Waals surface area (Å²) in [7, 11) is 1.73. The quantitative estimate of drug-likeness (QED) is 0.176. The van der Waals surface area contributed by atoms with Crippen molar-refractivity contribution in [2.75, 3.05) is 18.1 Å². The van der Waals surface area contributed by atoms with E-state index in [0.29, 0.717) is 35.1 Å². The van der Waals surface area contributed by atoms with Crippen LogP contribution in [0.3, 0.4) is 0 Å². The minimum absolute atomic E-state index is 0.0332. The lowest BCUT2D eigenvalue weighted by Crippen LogP contribution is -2.48. The van der Waals surface area contributed by atoms with Crippen LogP contribution in [0.25, 0.3) is 20.7 Å². The molecule has 2 aliphatic heterocycles. The number of allylic oxidation sites excluding steroid dienone is 2. The largest absolute Gasteiger partial charge is 0.504 e. The smallest absolute Gasteiger partial charge is 0.242 e. The first-order chi connectivity index (χ1) is 23.9. The van der Waals surface area contributed by atoms with E-state index in [-0.39, 0.29) is 48.1 Å². The summed E-state index contributed by atoms with van der Waals surface area (Å²) < 4.78 is 8.39. The number of amides is 4. The van der Waals surface area contributed by atoms with E-state index in [0.717, 1.165) is 26.1 Å². The fraction of sp³-hybridized carbons (Fsp3) is 0.395. The van der Waals surface area contributed by atoms with E-state index in [1.807, 2.05) is 45.0 Å². The normalized spacial score (nSPS) is 27.6. The van der Waals surface area contributed by atoms with Crippen molar-refractivity contribution in [2.24, 2.45) is 36.1 Å². The average molecular weight is 713 g/mol. The molecule has 2 aliphatic carbocycles. The number of carbonyl (C=O) groups excluding carboxylic acids is 4. The molecule has 0 radical (unpaired) electrons. The van der Waals surface area contributed by atoms with Crippen LogP contribution in [-0.2, 0) is 26.2 Å². The lowest BCUT2D eigenvalue weighted by molar-refractivity contribution is -0.140. The highest BCUT2D eigenvalue weighted by Gasteiger charge is 2.68. The molecule has 12 heteroatoms. The Kier molecular flexibility index (Phi) is 7.54. The summed E-state index contributed by atoms with van der Waals surface area (Å²) in [5.74, 6) is -3.43. The molecule has 4 aliphatic rings. The van der Waals surface area contributed by atoms with Gasteiger partial charge < -0.3 is 9.84 Å². The Morgan fingerprint density at radius 2 is 1.82 bits per heavy atom. The number of likely N-dealkylation sites (tertiary alicyclic amines) is 1. The first-order valence-corrected chi connectivity index (χ1v) is 18.2. The summed E-state index contributed by atoms with van der Waals surface area (Å²) in [6, 6.07) is 12.6. The number of carbonyl (C=O) groups is 4. The molecule has 10 nitrogen and oxygen atoms in total. The second kappa shape index (κ2) is 11.5. The van der Waals surface area contributed by atoms with Crippen LogP contribution < -0.4 is 9.64 Å². The Hall–Kier alpha value is -4.48. The van der Waals surface area contributed by atoms with E-state index < -0.39 is 35.0 Å². The molecule has 2 aromatic carbocycles. The van der Waals surface area contributed by atoms with Gasteiger partial charge in [0.15, 0.2) is 11.5 Å². The van der Waals surface area contributed by atoms with Crippen molar-refractivity contribution in [1.82, 2.24) is 14.7 Å². The Balaban J connectivity index is 1.26. The summed E-state index contributed by atoms with van der Waals surface area (Å²) in [6.07, 6.45) is 2.66. The maximum atomic E-state index is 15.0. The molecule has 0 spiro atoms. The van der Waals surface area contributed by atoms with Crippen LogP contribution in [0.15, 0.2) is 54.1 Å². The van der Waals surface area contributed by atoms with Gasteiger partial charge in [0.2, 0.25) is 23.6 Å². The monoisotopic (exact) mass is 712 g/mol. The number of ether oxygens (including phenoxy) is 1. The summed E-state index contributed by atoms with van der Waals surface area (Å²) in [5.41, 5.74) is 1.99. The van der Waals surface area contributed by atoms with Crippen molar-refractivity contribution < 1.29 is 29.0 Å². The lowest BCUT2D eigenvalue weighted by atomic mass is 9.51. The number of imide groups is 2. The molecule has 4 aromatic rings. The average Bonchev–Trinajstić information content (AvgIpc) is 3.76. The van der Waals surface area contributed by atoms with Gasteiger partial charge in [-0.25, -0.2) is 4.90 Å². The second-order valence-corrected chi connectivity index (χ2v) is 15.4. The van der Waals surface area contributed by atoms with Gasteiger partial charge in [0.05, 0.1) is 34.7 Å². The fourth-order valence-electron chi connectivity index (χ4n) is 9.19. The molecule has 0 unspecified atom stereocenters. The molecule has 6 atom stereocenters. The van der Waals surface area contributed by atoms with Crippen LogP contribution in [0.1, 0.15) is 50.7 Å². The molecule has 8 rings (SSSR count). The number of benzene rings is 2. The highest BCUT2D eigenvalue weighted by molar-refractivity contribution is 7.22. The Morgan fingerprint density at radius 1 is 1.04 bits per heavy atom. The molecular formula is C38H37ClN4O6S. The number of aromatic nitrogens is 2. The fourth-order valence-corrected chi connectivity index (χ4v) is 10.5. The first-order valence-electron chi connectivity index (χ1n) is 17.0. The highest BCUT2D eigenvalue weighted by Crippen LogP contribution is 2.64. The van der Waals surface area contributed by atoms with E-state index >= 15 is 4.79 Å². The molecule has 0 bridgehead atoms. The number of fused-ring (bicyclic) bond motifs is 5. The number of halogens is 1. The number of phenolic OH excluding ortho intramolecular Hbond substituents is 1. The Labute approximate surface area is 298 Å². The Morgan fingerprint density at radius 3 is 2.56 bits per heavy atom. The zero-order valence-electron chi connectivity index (χ0n) is 28.4. The number of rotatable bonds is 6. The van der Waals surface area contributed by atoms with Gasteiger partial charge in [0, 0.05) is 35.3 Å². The molecule has 1 N–H and O–H groups in total. The van der Waals surface area contributed by atoms with Crippen LogP contribution in [0, 0.1) is 36.0 Å². The number of hydrogen-bond donors (Lipinski definition) is 1. The van der Waals surface area contributed by atoms with E-state index in [1.54, 1.807) is 54.3 Å². The Bertz CT molecular complexity index is 2190. The van der Waals surface area contributed by atoms with E-state index in [9.17, 15) is 19.5 Å². The number of anilines is 1. The van der Waals surface area contributed by atoms with Crippen LogP contribution >= 0.6 is 22.9 Å². The minimum Gasteiger partial charge on any atom is -0.504 e. The third-order valence-corrected chi connectivity index (χ3v) is 13.0. The highest BCUT2D eigenvalue weighted by atomic mass is 35.5. The maximum Gasteiger partial charge on any atom is 0.242 e. The number of aromatic hydroxyl groups is 1. The minimum atomic E-state index is -1.24. The third kappa shape index (κ3) is 4.41. The zero-order valence-corrected chi connectivity index (χ0v) is 30.0. The van der Waals surface area contributed by atoms with E-state index in [4.69, 9.17) is 21.4 Å². The number of phenols is 1. The van der Waals surface area contributed by atoms with Gasteiger partial charge in [0.1, 0.15) is 11.5 Å². The molecule has 2 aromatic heterocycles. The first kappa shape index (κ1) is 32.7. The van der Waals surface area contributed by atoms with E-state index in [2.05, 4.69) is 0 Å². The molecule has 258 valence electrons. The third-order valence-electron chi connectivity index (χ3n) is 11.5. The van der Waals surface area contributed by atoms with Crippen molar-refractivity contribution in [3.8, 4) is 22.1 Å². The second-order valence-electron chi connectivity index (χ2n) is 14.0. The van der Waals surface area contributed by atoms with Gasteiger partial charge in [-0.05, 0) is 93.3 Å². The lowest BCUT2D eigenvalue weighted by Gasteiger charge is -2.49. The van der Waals surface area contributed by atoms with Crippen molar-refractivity contribution in [3.05, 3.63) is 70.3 Å². The molecule has 2 saturated heterocycles. The number of aryl methyl sites for hydroxylation is 2. The van der Waals surface area contributed by atoms with Gasteiger partial charge >= 0.3 is 0 Å². The van der Waals surface area contributed by atoms with Crippen molar-refractivity contribution in [3.63, 3.8) is 0 Å². The van der Waals surface area contributed by atoms with Gasteiger partial charge in [-0.1, -0.05) is 29.3 Å². The standard InChI is InChI=1S/C38H37ClN4O6S/c1-6-42-34(45)22-11-10-21-24(31(22)36(42)47)16-25-35(46)43(37(48)38(25,4)32(21)19-8-12-27(44)28(14-19)49-7-2)30-17-26(40-41(30)5)33-18(3)23-15-20(39)9-13-29(23)50-33/h8-10,12-15,17,22,24-25,31-32,44H,6-7,11,16H2,1-5H3/t22-,24+,25-,31-,32-,38+/m0/s1. The van der Waals surface area contributed by atoms with Crippen LogP contribution in [0.2, 0.25) is 5.02 Å². The SMILES string of the molecule is CCOc1cc([C@H]2C3=CC[C@@H]4C(=O)N(CC)C(=O)[C@@H]4[C@@H]3C[C@H]3C(=O)N(c4cc(-c5sc6ccc(Cl)cc6c5C)nn4C)C(=O)[C@@]23C)ccc1O. The maximum absolute atomic E-state index is 15.0. The number of hydrogen-bond acceptors (Lipinski definition) is 8. The van der Waals surface area contributed by atoms with Crippen LogP contribution in [0.4, 0.5) is 5.82 Å². The molecule has 3 fully saturated rings. The molecule has 4 heterocycles. The topological polar surface area (TPSA) is 122 Å². The summed E-state index contributed by atoms with van der Waals surface area (Å²) in [4.78, 5) is 60.4. The van der Waals surface area contributed by atoms with Gasteiger partial charge in [-0.3, -0.25) is 28.8 Å². The number of nitrogens with zero attached hydrogens (tertiary/aromatic N) is 4.